The number of halogens is 9. The second kappa shape index (κ2) is 8.63. The molecule has 0 bridgehead atoms. The lowest BCUT2D eigenvalue weighted by Gasteiger charge is -2.22. The molecule has 0 unspecified atom stereocenters. The fourth-order valence-electron chi connectivity index (χ4n) is 3.80. The third kappa shape index (κ3) is 5.10. The van der Waals surface area contributed by atoms with E-state index in [-0.39, 0.29) is 23.6 Å². The summed E-state index contributed by atoms with van der Waals surface area (Å²) in [4.78, 5) is 0. The van der Waals surface area contributed by atoms with Gasteiger partial charge in [0, 0.05) is 12.1 Å². The van der Waals surface area contributed by atoms with Crippen LogP contribution in [0.2, 0.25) is 0 Å². The van der Waals surface area contributed by atoms with Crippen molar-refractivity contribution in [3.8, 4) is 5.75 Å². The Morgan fingerprint density at radius 1 is 0.645 bits per heavy atom. The molecule has 0 saturated heterocycles. The van der Waals surface area contributed by atoms with Gasteiger partial charge >= 0.3 is 12.3 Å². The van der Waals surface area contributed by atoms with Gasteiger partial charge in [0.05, 0.1) is 0 Å². The fraction of sp³-hybridized carbons (Fsp3) is 0.429. The molecule has 0 heterocycles. The quantitative estimate of drug-likeness (QED) is 0.337. The highest BCUT2D eigenvalue weighted by atomic mass is 19.4. The van der Waals surface area contributed by atoms with Gasteiger partial charge in [0.2, 0.25) is 0 Å². The monoisotopic (exact) mass is 456 g/mol. The van der Waals surface area contributed by atoms with Crippen LogP contribution in [0.4, 0.5) is 39.5 Å². The molecule has 1 aliphatic carbocycles. The normalized spacial score (nSPS) is 16.3. The molecule has 1 fully saturated rings. The molecule has 0 aromatic heterocycles. The smallest absolute Gasteiger partial charge is 0.429 e. The third-order valence-electron chi connectivity index (χ3n) is 5.23. The highest BCUT2D eigenvalue weighted by Crippen LogP contribution is 2.40. The van der Waals surface area contributed by atoms with Crippen LogP contribution >= 0.6 is 0 Å². The zero-order valence-electron chi connectivity index (χ0n) is 15.9. The predicted molar refractivity (Wildman–Crippen MR) is 92.7 cm³/mol. The van der Waals surface area contributed by atoms with Gasteiger partial charge in [-0.25, -0.2) is 17.6 Å². The van der Waals surface area contributed by atoms with Crippen molar-refractivity contribution in [2.45, 2.75) is 56.7 Å². The molecule has 0 radical (unpaired) electrons. The van der Waals surface area contributed by atoms with Crippen LogP contribution in [-0.2, 0) is 12.3 Å². The summed E-state index contributed by atoms with van der Waals surface area (Å²) < 4.78 is 127. The van der Waals surface area contributed by atoms with E-state index < -0.39 is 52.4 Å². The van der Waals surface area contributed by atoms with E-state index in [1.807, 2.05) is 0 Å². The van der Waals surface area contributed by atoms with Crippen LogP contribution in [0.5, 0.6) is 5.75 Å². The Hall–Kier alpha value is -2.39. The summed E-state index contributed by atoms with van der Waals surface area (Å²) in [5.74, 6) is -9.23. The van der Waals surface area contributed by atoms with Gasteiger partial charge in [-0.15, -0.1) is 0 Å². The zero-order chi connectivity index (χ0) is 23.0. The predicted octanol–water partition coefficient (Wildman–Crippen LogP) is 7.83. The molecule has 1 nitrogen and oxygen atoms in total. The molecule has 0 amide bonds. The van der Waals surface area contributed by atoms with E-state index in [0.29, 0.717) is 12.8 Å². The Balaban J connectivity index is 1.91. The van der Waals surface area contributed by atoms with Crippen molar-refractivity contribution in [1.29, 1.82) is 0 Å². The molecule has 1 aliphatic rings. The first-order valence-corrected chi connectivity index (χ1v) is 9.52. The Kier molecular flexibility index (Phi) is 6.48. The standard InChI is InChI=1S/C21H17F9O/c22-14-7-12(11-5-3-1-2-4-6-11)8-15(23)19(14)21(29,30)31-13-9-16(24)18(17(25)10-13)20(26,27)28/h7-11H,1-6H2. The number of hydrogen-bond donors (Lipinski definition) is 0. The molecular formula is C21H17F9O. The number of hydrogen-bond acceptors (Lipinski definition) is 1. The van der Waals surface area contributed by atoms with Crippen LogP contribution < -0.4 is 4.74 Å². The summed E-state index contributed by atoms with van der Waals surface area (Å²) in [6, 6.07) is 1.27. The second-order valence-corrected chi connectivity index (χ2v) is 7.43. The van der Waals surface area contributed by atoms with Crippen LogP contribution in [0, 0.1) is 23.3 Å². The highest BCUT2D eigenvalue weighted by Gasteiger charge is 2.43. The summed E-state index contributed by atoms with van der Waals surface area (Å²) in [7, 11) is 0. The molecule has 31 heavy (non-hydrogen) atoms. The van der Waals surface area contributed by atoms with E-state index in [2.05, 4.69) is 4.74 Å². The summed E-state index contributed by atoms with van der Waals surface area (Å²) >= 11 is 0. The van der Waals surface area contributed by atoms with E-state index in [1.54, 1.807) is 0 Å². The van der Waals surface area contributed by atoms with E-state index in [4.69, 9.17) is 0 Å². The average molecular weight is 456 g/mol. The van der Waals surface area contributed by atoms with E-state index in [0.717, 1.165) is 37.8 Å². The van der Waals surface area contributed by atoms with Gasteiger partial charge in [-0.2, -0.15) is 22.0 Å². The summed E-state index contributed by atoms with van der Waals surface area (Å²) in [5, 5.41) is 0. The van der Waals surface area contributed by atoms with Gasteiger partial charge < -0.3 is 4.74 Å². The molecule has 0 N–H and O–H groups in total. The number of ether oxygens (including phenoxy) is 1. The zero-order valence-corrected chi connectivity index (χ0v) is 15.9. The molecule has 10 heteroatoms. The molecule has 0 spiro atoms. The van der Waals surface area contributed by atoms with Crippen LogP contribution in [0.3, 0.4) is 0 Å². The van der Waals surface area contributed by atoms with E-state index in [1.165, 1.54) is 0 Å². The molecule has 0 atom stereocenters. The Morgan fingerprint density at radius 3 is 1.55 bits per heavy atom. The van der Waals surface area contributed by atoms with E-state index >= 15 is 0 Å². The fourth-order valence-corrected chi connectivity index (χ4v) is 3.80. The van der Waals surface area contributed by atoms with E-state index in [9.17, 15) is 39.5 Å². The van der Waals surface area contributed by atoms with Crippen molar-refractivity contribution in [3.63, 3.8) is 0 Å². The van der Waals surface area contributed by atoms with Crippen molar-refractivity contribution in [2.24, 2.45) is 0 Å². The number of benzene rings is 2. The number of alkyl halides is 5. The molecule has 170 valence electrons. The van der Waals surface area contributed by atoms with Crippen molar-refractivity contribution in [2.75, 3.05) is 0 Å². The third-order valence-corrected chi connectivity index (χ3v) is 5.23. The Bertz CT molecular complexity index is 898. The lowest BCUT2D eigenvalue weighted by atomic mass is 9.90. The first-order valence-electron chi connectivity index (χ1n) is 9.52. The first kappa shape index (κ1) is 23.3. The van der Waals surface area contributed by atoms with Gasteiger partial charge in [0.1, 0.15) is 40.1 Å². The van der Waals surface area contributed by atoms with Crippen molar-refractivity contribution in [1.82, 2.24) is 0 Å². The second-order valence-electron chi connectivity index (χ2n) is 7.43. The van der Waals surface area contributed by atoms with Gasteiger partial charge in [-0.1, -0.05) is 25.7 Å². The summed E-state index contributed by atoms with van der Waals surface area (Å²) in [6.45, 7) is 0. The topological polar surface area (TPSA) is 9.23 Å². The SMILES string of the molecule is Fc1cc(OC(F)(F)c2c(F)cc(C3CCCCCC3)cc2F)cc(F)c1C(F)(F)F. The molecule has 1 saturated carbocycles. The maximum absolute atomic E-state index is 14.4. The molecule has 2 aromatic rings. The number of rotatable bonds is 4. The summed E-state index contributed by atoms with van der Waals surface area (Å²) in [6.07, 6.45) is -5.27. The van der Waals surface area contributed by atoms with Gasteiger partial charge in [0.15, 0.2) is 0 Å². The lowest BCUT2D eigenvalue weighted by molar-refractivity contribution is -0.189. The molecular weight excluding hydrogens is 439 g/mol. The van der Waals surface area contributed by atoms with Crippen molar-refractivity contribution in [3.05, 3.63) is 64.2 Å². The van der Waals surface area contributed by atoms with Gasteiger partial charge in [-0.05, 0) is 36.5 Å². The minimum Gasteiger partial charge on any atom is -0.429 e. The minimum absolute atomic E-state index is 0.129. The Morgan fingerprint density at radius 2 is 1.10 bits per heavy atom. The largest absolute Gasteiger partial charge is 0.432 e. The lowest BCUT2D eigenvalue weighted by Crippen LogP contribution is -2.26. The van der Waals surface area contributed by atoms with Crippen LogP contribution in [0.15, 0.2) is 24.3 Å². The van der Waals surface area contributed by atoms with Gasteiger partial charge in [-0.3, -0.25) is 0 Å². The average Bonchev–Trinajstić information content (AvgIpc) is 2.87. The molecule has 0 aliphatic heterocycles. The molecule has 3 rings (SSSR count). The highest BCUT2D eigenvalue weighted by molar-refractivity contribution is 5.35. The first-order chi connectivity index (χ1) is 14.4. The molecule has 2 aromatic carbocycles. The van der Waals surface area contributed by atoms with Crippen molar-refractivity contribution < 1.29 is 44.3 Å². The summed E-state index contributed by atoms with van der Waals surface area (Å²) in [5.41, 5.74) is -3.89. The van der Waals surface area contributed by atoms with Crippen molar-refractivity contribution >= 4 is 0 Å². The maximum Gasteiger partial charge on any atom is 0.432 e. The van der Waals surface area contributed by atoms with Crippen LogP contribution in [0.25, 0.3) is 0 Å². The minimum atomic E-state index is -5.42. The van der Waals surface area contributed by atoms with Crippen LogP contribution in [0.1, 0.15) is 61.1 Å². The Labute approximate surface area is 171 Å². The maximum atomic E-state index is 14.4. The van der Waals surface area contributed by atoms with Gasteiger partial charge in [0.25, 0.3) is 0 Å². The van der Waals surface area contributed by atoms with Crippen LogP contribution in [-0.4, -0.2) is 0 Å².